The molecule has 7 nitrogen and oxygen atoms in total. The van der Waals surface area contributed by atoms with E-state index in [-0.39, 0.29) is 24.3 Å². The number of carbonyl (C=O) groups is 2. The molecular weight excluding hydrogens is 352 g/mol. The van der Waals surface area contributed by atoms with Crippen LogP contribution in [-0.2, 0) is 16.0 Å². The summed E-state index contributed by atoms with van der Waals surface area (Å²) in [6.45, 7) is 4.47. The SMILES string of the molecule is CC(C)c1nc(CCN(C)C(=O)CN2C(=O)CSc3ccccc32)no1. The van der Waals surface area contributed by atoms with Crippen LogP contribution in [0.25, 0.3) is 0 Å². The average molecular weight is 374 g/mol. The summed E-state index contributed by atoms with van der Waals surface area (Å²) < 4.78 is 5.17. The van der Waals surface area contributed by atoms with E-state index in [9.17, 15) is 9.59 Å². The average Bonchev–Trinajstić information content (AvgIpc) is 3.11. The molecule has 0 N–H and O–H groups in total. The predicted molar refractivity (Wildman–Crippen MR) is 99.2 cm³/mol. The Morgan fingerprint density at radius 2 is 2.15 bits per heavy atom. The summed E-state index contributed by atoms with van der Waals surface area (Å²) in [5.41, 5.74) is 0.801. The first-order chi connectivity index (χ1) is 12.5. The van der Waals surface area contributed by atoms with E-state index in [4.69, 9.17) is 4.52 Å². The van der Waals surface area contributed by atoms with Gasteiger partial charge in [0.1, 0.15) is 6.54 Å². The molecule has 1 aromatic carbocycles. The second-order valence-electron chi connectivity index (χ2n) is 6.51. The van der Waals surface area contributed by atoms with Crippen LogP contribution < -0.4 is 4.90 Å². The van der Waals surface area contributed by atoms with Crippen LogP contribution in [0.15, 0.2) is 33.7 Å². The predicted octanol–water partition coefficient (Wildman–Crippen LogP) is 2.33. The number of fused-ring (bicyclic) bond motifs is 1. The van der Waals surface area contributed by atoms with Crippen LogP contribution in [0.4, 0.5) is 5.69 Å². The third kappa shape index (κ3) is 4.07. The first kappa shape index (κ1) is 18.4. The van der Waals surface area contributed by atoms with Crippen LogP contribution in [-0.4, -0.2) is 52.7 Å². The molecule has 8 heteroatoms. The summed E-state index contributed by atoms with van der Waals surface area (Å²) in [4.78, 5) is 33.3. The Kier molecular flexibility index (Phi) is 5.61. The summed E-state index contributed by atoms with van der Waals surface area (Å²) in [6.07, 6.45) is 0.513. The fourth-order valence-corrected chi connectivity index (χ4v) is 3.51. The molecule has 0 aliphatic carbocycles. The van der Waals surface area contributed by atoms with Gasteiger partial charge >= 0.3 is 0 Å². The number of nitrogens with zero attached hydrogens (tertiary/aromatic N) is 4. The lowest BCUT2D eigenvalue weighted by molar-refractivity contribution is -0.130. The molecular formula is C18H22N4O3S. The molecule has 0 radical (unpaired) electrons. The van der Waals surface area contributed by atoms with Crippen LogP contribution in [0.1, 0.15) is 31.5 Å². The monoisotopic (exact) mass is 374 g/mol. The maximum Gasteiger partial charge on any atom is 0.242 e. The smallest absolute Gasteiger partial charge is 0.242 e. The Balaban J connectivity index is 1.59. The van der Waals surface area contributed by atoms with Crippen molar-refractivity contribution in [3.8, 4) is 0 Å². The molecule has 1 aromatic heterocycles. The van der Waals surface area contributed by atoms with E-state index in [0.29, 0.717) is 30.4 Å². The van der Waals surface area contributed by atoms with Gasteiger partial charge in [-0.25, -0.2) is 0 Å². The molecule has 0 fully saturated rings. The van der Waals surface area contributed by atoms with Crippen molar-refractivity contribution < 1.29 is 14.1 Å². The van der Waals surface area contributed by atoms with Crippen molar-refractivity contribution in [1.29, 1.82) is 0 Å². The molecule has 2 heterocycles. The van der Waals surface area contributed by atoms with Gasteiger partial charge in [-0.2, -0.15) is 4.98 Å². The van der Waals surface area contributed by atoms with Gasteiger partial charge in [0.2, 0.25) is 17.7 Å². The molecule has 138 valence electrons. The minimum atomic E-state index is -0.118. The fraction of sp³-hybridized carbons (Fsp3) is 0.444. The molecule has 0 spiro atoms. The van der Waals surface area contributed by atoms with Gasteiger partial charge in [-0.05, 0) is 12.1 Å². The third-order valence-electron chi connectivity index (χ3n) is 4.18. The molecule has 0 bridgehead atoms. The van der Waals surface area contributed by atoms with Gasteiger partial charge in [0.15, 0.2) is 5.82 Å². The number of aromatic nitrogens is 2. The van der Waals surface area contributed by atoms with Crippen molar-refractivity contribution in [3.05, 3.63) is 36.0 Å². The molecule has 0 saturated carbocycles. The quantitative estimate of drug-likeness (QED) is 0.772. The van der Waals surface area contributed by atoms with E-state index in [0.717, 1.165) is 10.6 Å². The molecule has 0 unspecified atom stereocenters. The van der Waals surface area contributed by atoms with Crippen molar-refractivity contribution in [2.24, 2.45) is 0 Å². The highest BCUT2D eigenvalue weighted by molar-refractivity contribution is 8.00. The van der Waals surface area contributed by atoms with Crippen LogP contribution >= 0.6 is 11.8 Å². The number of para-hydroxylation sites is 1. The number of rotatable bonds is 6. The number of amides is 2. The third-order valence-corrected chi connectivity index (χ3v) is 5.22. The second kappa shape index (κ2) is 7.90. The maximum atomic E-state index is 12.6. The lowest BCUT2D eigenvalue weighted by atomic mass is 10.2. The molecule has 0 atom stereocenters. The number of likely N-dealkylation sites (N-methyl/N-ethyl adjacent to an activating group) is 1. The fourth-order valence-electron chi connectivity index (χ4n) is 2.58. The highest BCUT2D eigenvalue weighted by Gasteiger charge is 2.27. The van der Waals surface area contributed by atoms with Crippen LogP contribution in [0, 0.1) is 0 Å². The van der Waals surface area contributed by atoms with Gasteiger partial charge in [-0.15, -0.1) is 11.8 Å². The summed E-state index contributed by atoms with van der Waals surface area (Å²) in [5, 5.41) is 3.93. The molecule has 2 aromatic rings. The molecule has 26 heavy (non-hydrogen) atoms. The topological polar surface area (TPSA) is 79.5 Å². The first-order valence-electron chi connectivity index (χ1n) is 8.54. The van der Waals surface area contributed by atoms with Gasteiger partial charge in [0.05, 0.1) is 11.4 Å². The van der Waals surface area contributed by atoms with E-state index < -0.39 is 0 Å². The zero-order valence-corrected chi connectivity index (χ0v) is 16.0. The number of hydrogen-bond donors (Lipinski definition) is 0. The molecule has 0 saturated heterocycles. The van der Waals surface area contributed by atoms with E-state index in [1.807, 2.05) is 38.1 Å². The van der Waals surface area contributed by atoms with Crippen molar-refractivity contribution in [2.75, 3.05) is 30.8 Å². The van der Waals surface area contributed by atoms with Crippen molar-refractivity contribution in [3.63, 3.8) is 0 Å². The van der Waals surface area contributed by atoms with Gasteiger partial charge in [-0.3, -0.25) is 9.59 Å². The van der Waals surface area contributed by atoms with Gasteiger partial charge < -0.3 is 14.3 Å². The summed E-state index contributed by atoms with van der Waals surface area (Å²) in [6, 6.07) is 7.65. The van der Waals surface area contributed by atoms with Crippen LogP contribution in [0.3, 0.4) is 0 Å². The Hall–Kier alpha value is -2.35. The van der Waals surface area contributed by atoms with Gasteiger partial charge in [-0.1, -0.05) is 31.1 Å². The number of carbonyl (C=O) groups excluding carboxylic acids is 2. The zero-order valence-electron chi connectivity index (χ0n) is 15.1. The Morgan fingerprint density at radius 1 is 1.38 bits per heavy atom. The largest absolute Gasteiger partial charge is 0.344 e. The van der Waals surface area contributed by atoms with Gasteiger partial charge in [0, 0.05) is 30.8 Å². The summed E-state index contributed by atoms with van der Waals surface area (Å²) >= 11 is 1.51. The van der Waals surface area contributed by atoms with E-state index in [2.05, 4.69) is 10.1 Å². The standard InChI is InChI=1S/C18H22N4O3S/c1-12(2)18-19-15(20-25-18)8-9-21(3)16(23)10-22-13-6-4-5-7-14(13)26-11-17(22)24/h4-7,12H,8-11H2,1-3H3. The maximum absolute atomic E-state index is 12.6. The van der Waals surface area contributed by atoms with Crippen LogP contribution in [0.2, 0.25) is 0 Å². The summed E-state index contributed by atoms with van der Waals surface area (Å²) in [7, 11) is 1.72. The van der Waals surface area contributed by atoms with Crippen molar-refractivity contribution in [1.82, 2.24) is 15.0 Å². The van der Waals surface area contributed by atoms with Crippen LogP contribution in [0.5, 0.6) is 0 Å². The van der Waals surface area contributed by atoms with E-state index >= 15 is 0 Å². The Bertz CT molecular complexity index is 805. The van der Waals surface area contributed by atoms with Crippen molar-refractivity contribution >= 4 is 29.3 Å². The first-order valence-corrected chi connectivity index (χ1v) is 9.53. The Morgan fingerprint density at radius 3 is 2.88 bits per heavy atom. The summed E-state index contributed by atoms with van der Waals surface area (Å²) in [5.74, 6) is 1.56. The second-order valence-corrected chi connectivity index (χ2v) is 7.52. The highest BCUT2D eigenvalue weighted by Crippen LogP contribution is 2.34. The number of anilines is 1. The molecule has 2 amide bonds. The van der Waals surface area contributed by atoms with E-state index in [1.165, 1.54) is 11.8 Å². The molecule has 3 rings (SSSR count). The van der Waals surface area contributed by atoms with Gasteiger partial charge in [0.25, 0.3) is 0 Å². The molecule has 1 aliphatic heterocycles. The zero-order chi connectivity index (χ0) is 18.7. The highest BCUT2D eigenvalue weighted by atomic mass is 32.2. The lowest BCUT2D eigenvalue weighted by Gasteiger charge is -2.29. The number of thioether (sulfide) groups is 1. The minimum absolute atomic E-state index is 0.0381. The Labute approximate surface area is 156 Å². The lowest BCUT2D eigenvalue weighted by Crippen LogP contribution is -2.44. The normalized spacial score (nSPS) is 13.8. The minimum Gasteiger partial charge on any atom is -0.344 e. The number of hydrogen-bond acceptors (Lipinski definition) is 6. The number of benzene rings is 1. The van der Waals surface area contributed by atoms with E-state index in [1.54, 1.807) is 16.8 Å². The molecule has 1 aliphatic rings. The van der Waals surface area contributed by atoms with Crippen molar-refractivity contribution in [2.45, 2.75) is 31.1 Å².